The molecule has 8 rings (SSSR count). The fourth-order valence-corrected chi connectivity index (χ4v) is 7.49. The average molecular weight is 734 g/mol. The zero-order valence-corrected chi connectivity index (χ0v) is 30.0. The number of fused-ring (bicyclic) bond motifs is 3. The number of amides is 5. The SMILES string of the molecule is C[C@@H]1CNC(=O)c2cc3ccc(C(=O)Nc4cnn(Cc5ccc(N6CCC(N(C)Cc7cc(N8CCC(=O)NC8=O)cnc7F)CC6)cc5)c4)nc3n21. The quantitative estimate of drug-likeness (QED) is 0.191. The van der Waals surface area contributed by atoms with E-state index in [2.05, 4.69) is 65.1 Å². The van der Waals surface area contributed by atoms with Crippen LogP contribution in [0.4, 0.5) is 26.2 Å². The average Bonchev–Trinajstić information content (AvgIpc) is 3.79. The van der Waals surface area contributed by atoms with Crippen LogP contribution in [0.25, 0.3) is 11.0 Å². The number of benzene rings is 1. The molecule has 7 heterocycles. The molecule has 278 valence electrons. The zero-order valence-electron chi connectivity index (χ0n) is 30.0. The second-order valence-electron chi connectivity index (χ2n) is 14.1. The maximum absolute atomic E-state index is 14.7. The largest absolute Gasteiger partial charge is 0.371 e. The Kier molecular flexibility index (Phi) is 9.27. The highest BCUT2D eigenvalue weighted by Crippen LogP contribution is 2.27. The highest BCUT2D eigenvalue weighted by molar-refractivity contribution is 6.06. The normalized spacial score (nSPS) is 17.9. The molecule has 5 aromatic rings. The Morgan fingerprint density at radius 3 is 2.59 bits per heavy atom. The summed E-state index contributed by atoms with van der Waals surface area (Å²) >= 11 is 0. The third kappa shape index (κ3) is 6.99. The van der Waals surface area contributed by atoms with E-state index in [1.807, 2.05) is 24.6 Å². The second kappa shape index (κ2) is 14.3. The minimum absolute atomic E-state index is 0.0228. The third-order valence-electron chi connectivity index (χ3n) is 10.5. The molecular weight excluding hydrogens is 693 g/mol. The van der Waals surface area contributed by atoms with Gasteiger partial charge in [0.1, 0.15) is 17.0 Å². The molecule has 2 saturated heterocycles. The van der Waals surface area contributed by atoms with Crippen LogP contribution in [-0.4, -0.2) is 92.2 Å². The molecule has 16 heteroatoms. The van der Waals surface area contributed by atoms with Gasteiger partial charge in [-0.1, -0.05) is 12.1 Å². The summed E-state index contributed by atoms with van der Waals surface area (Å²) in [7, 11) is 1.98. The summed E-state index contributed by atoms with van der Waals surface area (Å²) in [5.41, 5.74) is 5.00. The summed E-state index contributed by atoms with van der Waals surface area (Å²) in [6, 6.07) is 15.0. The molecule has 3 N–H and O–H groups in total. The van der Waals surface area contributed by atoms with E-state index in [1.165, 1.54) is 11.1 Å². The predicted octanol–water partition coefficient (Wildman–Crippen LogP) is 3.92. The molecule has 1 atom stereocenters. The van der Waals surface area contributed by atoms with Crippen LogP contribution in [0.1, 0.15) is 64.3 Å². The van der Waals surface area contributed by atoms with E-state index in [9.17, 15) is 23.6 Å². The van der Waals surface area contributed by atoms with Crippen LogP contribution >= 0.6 is 0 Å². The number of piperidine rings is 1. The lowest BCUT2D eigenvalue weighted by atomic mass is 10.0. The first-order chi connectivity index (χ1) is 26.1. The number of carbonyl (C=O) groups excluding carboxylic acids is 4. The van der Waals surface area contributed by atoms with Crippen LogP contribution < -0.4 is 25.8 Å². The van der Waals surface area contributed by atoms with Crippen LogP contribution in [0.3, 0.4) is 0 Å². The minimum atomic E-state index is -0.568. The van der Waals surface area contributed by atoms with Crippen molar-refractivity contribution in [3.63, 3.8) is 0 Å². The first kappa shape index (κ1) is 34.9. The number of aromatic nitrogens is 5. The molecule has 1 aromatic carbocycles. The van der Waals surface area contributed by atoms with Crippen molar-refractivity contribution in [2.45, 2.75) is 51.4 Å². The lowest BCUT2D eigenvalue weighted by Crippen LogP contribution is -2.49. The van der Waals surface area contributed by atoms with E-state index in [0.717, 1.165) is 42.6 Å². The molecule has 0 bridgehead atoms. The van der Waals surface area contributed by atoms with E-state index < -0.39 is 12.0 Å². The Morgan fingerprint density at radius 1 is 1.02 bits per heavy atom. The van der Waals surface area contributed by atoms with Crippen LogP contribution in [0.5, 0.6) is 0 Å². The Labute approximate surface area is 310 Å². The molecule has 2 fully saturated rings. The molecule has 3 aliphatic rings. The molecule has 0 radical (unpaired) electrons. The Bertz CT molecular complexity index is 2260. The molecule has 54 heavy (non-hydrogen) atoms. The Balaban J connectivity index is 0.835. The van der Waals surface area contributed by atoms with Crippen molar-refractivity contribution in [2.24, 2.45) is 0 Å². The van der Waals surface area contributed by atoms with Gasteiger partial charge in [-0.25, -0.2) is 14.8 Å². The van der Waals surface area contributed by atoms with Crippen molar-refractivity contribution in [1.82, 2.24) is 39.8 Å². The van der Waals surface area contributed by atoms with Gasteiger partial charge in [0.2, 0.25) is 11.9 Å². The van der Waals surface area contributed by atoms with Gasteiger partial charge in [-0.3, -0.25) is 34.2 Å². The van der Waals surface area contributed by atoms with Gasteiger partial charge in [-0.05, 0) is 68.8 Å². The monoisotopic (exact) mass is 733 g/mol. The first-order valence-corrected chi connectivity index (χ1v) is 18.0. The summed E-state index contributed by atoms with van der Waals surface area (Å²) in [4.78, 5) is 63.7. The van der Waals surface area contributed by atoms with Gasteiger partial charge in [0.05, 0.1) is 36.4 Å². The topological polar surface area (TPSA) is 163 Å². The molecule has 5 amide bonds. The van der Waals surface area contributed by atoms with Crippen molar-refractivity contribution in [3.8, 4) is 0 Å². The predicted molar refractivity (Wildman–Crippen MR) is 199 cm³/mol. The van der Waals surface area contributed by atoms with Crippen molar-refractivity contribution in [1.29, 1.82) is 0 Å². The number of pyridine rings is 2. The number of carbonyl (C=O) groups is 4. The van der Waals surface area contributed by atoms with Crippen LogP contribution in [-0.2, 0) is 17.9 Å². The number of urea groups is 1. The van der Waals surface area contributed by atoms with Gasteiger partial charge in [-0.15, -0.1) is 0 Å². The summed E-state index contributed by atoms with van der Waals surface area (Å²) in [5, 5.41) is 13.3. The maximum Gasteiger partial charge on any atom is 0.328 e. The van der Waals surface area contributed by atoms with Crippen molar-refractivity contribution >= 4 is 51.8 Å². The van der Waals surface area contributed by atoms with E-state index in [0.29, 0.717) is 47.9 Å². The van der Waals surface area contributed by atoms with Crippen molar-refractivity contribution in [3.05, 3.63) is 95.6 Å². The van der Waals surface area contributed by atoms with Gasteiger partial charge >= 0.3 is 6.03 Å². The number of anilines is 3. The second-order valence-corrected chi connectivity index (χ2v) is 14.1. The number of nitrogens with zero attached hydrogens (tertiary/aromatic N) is 8. The zero-order chi connectivity index (χ0) is 37.5. The smallest absolute Gasteiger partial charge is 0.328 e. The molecule has 0 unspecified atom stereocenters. The van der Waals surface area contributed by atoms with Gasteiger partial charge in [-0.2, -0.15) is 9.49 Å². The molecule has 15 nitrogen and oxygen atoms in total. The third-order valence-corrected chi connectivity index (χ3v) is 10.5. The number of imide groups is 1. The summed E-state index contributed by atoms with van der Waals surface area (Å²) in [5.74, 6) is -1.40. The first-order valence-electron chi connectivity index (χ1n) is 18.0. The number of rotatable bonds is 9. The molecule has 0 spiro atoms. The maximum atomic E-state index is 14.7. The number of hydrogen-bond donors (Lipinski definition) is 3. The minimum Gasteiger partial charge on any atom is -0.371 e. The number of hydrogen-bond acceptors (Lipinski definition) is 9. The summed E-state index contributed by atoms with van der Waals surface area (Å²) < 4.78 is 18.4. The van der Waals surface area contributed by atoms with Gasteiger partial charge in [0.25, 0.3) is 11.8 Å². The lowest BCUT2D eigenvalue weighted by Gasteiger charge is -2.38. The summed E-state index contributed by atoms with van der Waals surface area (Å²) in [6.45, 7) is 5.31. The van der Waals surface area contributed by atoms with Gasteiger partial charge in [0, 0.05) is 68.0 Å². The molecule has 0 aliphatic carbocycles. The van der Waals surface area contributed by atoms with Crippen LogP contribution in [0.2, 0.25) is 0 Å². The van der Waals surface area contributed by atoms with E-state index in [4.69, 9.17) is 0 Å². The highest BCUT2D eigenvalue weighted by atomic mass is 19.1. The van der Waals surface area contributed by atoms with Crippen molar-refractivity contribution < 1.29 is 23.6 Å². The standard InChI is InChI=1S/C38H40FN11O4/c1-23-17-41-37(53)32-16-25-5-8-31(44-35(25)50(23)32)36(52)43-27-18-42-48(22-27)20-24-3-6-29(7-4-24)47-12-9-28(10-13-47)46(2)21-26-15-30(19-40-34(26)39)49-14-11-33(51)45-38(49)54/h3-8,15-16,18-19,22-23,28H,9-14,17,20-21H2,1-2H3,(H,41,53)(H,43,52)(H,45,51,54)/t23-/m1/s1. The van der Waals surface area contributed by atoms with Crippen LogP contribution in [0, 0.1) is 5.95 Å². The number of halogens is 1. The van der Waals surface area contributed by atoms with E-state index in [1.54, 1.807) is 35.3 Å². The molecule has 4 aromatic heterocycles. The highest BCUT2D eigenvalue weighted by Gasteiger charge is 2.28. The fourth-order valence-electron chi connectivity index (χ4n) is 7.49. The van der Waals surface area contributed by atoms with E-state index >= 15 is 0 Å². The lowest BCUT2D eigenvalue weighted by molar-refractivity contribution is -0.120. The Morgan fingerprint density at radius 2 is 1.81 bits per heavy atom. The molecular formula is C38H40FN11O4. The van der Waals surface area contributed by atoms with Crippen LogP contribution in [0.15, 0.2) is 67.1 Å². The van der Waals surface area contributed by atoms with Gasteiger partial charge < -0.3 is 20.1 Å². The fraction of sp³-hybridized carbons (Fsp3) is 0.342. The molecule has 3 aliphatic heterocycles. The Hall–Kier alpha value is -6.16. The number of nitrogens with one attached hydrogen (secondary N) is 3. The van der Waals surface area contributed by atoms with Crippen molar-refractivity contribution in [2.75, 3.05) is 48.3 Å². The summed E-state index contributed by atoms with van der Waals surface area (Å²) in [6.07, 6.45) is 6.70. The van der Waals surface area contributed by atoms with E-state index in [-0.39, 0.29) is 48.5 Å². The molecule has 0 saturated carbocycles. The van der Waals surface area contributed by atoms with Gasteiger partial charge in [0.15, 0.2) is 0 Å².